The number of hydrogen-bond acceptors (Lipinski definition) is 3. The Labute approximate surface area is 258 Å². The molecular weight excluding hydrogens is 505 g/mol. The average Bonchev–Trinajstić information content (AvgIpc) is 3.33. The van der Waals surface area contributed by atoms with Crippen LogP contribution in [0.15, 0.2) is 115 Å². The number of aromatic nitrogens is 1. The summed E-state index contributed by atoms with van der Waals surface area (Å²) in [7, 11) is 0. The van der Waals surface area contributed by atoms with Gasteiger partial charge in [-0.1, -0.05) is 85.8 Å². The SMILES string of the molecule is CCc1ccc(-c2ccc(Cn3c(C)ccc3-c3ccc(O[C@H](Cc4ccccc4)C(=O)[O-])cc3)cc2)cc1.[Na+]. The Kier molecular flexibility index (Phi) is 10.1. The summed E-state index contributed by atoms with van der Waals surface area (Å²) in [5.41, 5.74) is 9.20. The summed E-state index contributed by atoms with van der Waals surface area (Å²) in [6, 6.07) is 38.8. The first kappa shape index (κ1) is 29.4. The molecule has 0 unspecified atom stereocenters. The molecule has 0 bridgehead atoms. The van der Waals surface area contributed by atoms with Crippen molar-refractivity contribution in [3.63, 3.8) is 0 Å². The third-order valence-corrected chi connectivity index (χ3v) is 7.14. The van der Waals surface area contributed by atoms with E-state index in [9.17, 15) is 9.90 Å². The smallest absolute Gasteiger partial charge is 0.546 e. The maximum atomic E-state index is 11.7. The normalized spacial score (nSPS) is 11.4. The Hall–Kier alpha value is -3.57. The molecular formula is C35H32NNaO3. The molecule has 0 saturated heterocycles. The van der Waals surface area contributed by atoms with Gasteiger partial charge in [0.15, 0.2) is 0 Å². The molecule has 1 aromatic heterocycles. The number of carbonyl (C=O) groups is 1. The summed E-state index contributed by atoms with van der Waals surface area (Å²) in [4.78, 5) is 11.7. The average molecular weight is 538 g/mol. The zero-order valence-electron chi connectivity index (χ0n) is 23.3. The van der Waals surface area contributed by atoms with Crippen LogP contribution in [0.1, 0.15) is 29.3 Å². The van der Waals surface area contributed by atoms with Crippen molar-refractivity contribution >= 4 is 5.97 Å². The first-order chi connectivity index (χ1) is 19.0. The molecule has 0 aliphatic heterocycles. The van der Waals surface area contributed by atoms with Crippen LogP contribution in [0.2, 0.25) is 0 Å². The zero-order chi connectivity index (χ0) is 27.2. The Morgan fingerprint density at radius 3 is 1.88 bits per heavy atom. The fourth-order valence-corrected chi connectivity index (χ4v) is 4.82. The van der Waals surface area contributed by atoms with Crippen molar-refractivity contribution in [3.05, 3.63) is 138 Å². The molecule has 4 nitrogen and oxygen atoms in total. The minimum Gasteiger partial charge on any atom is -0.546 e. The van der Waals surface area contributed by atoms with Crippen LogP contribution in [0.25, 0.3) is 22.4 Å². The van der Waals surface area contributed by atoms with Gasteiger partial charge in [-0.15, -0.1) is 0 Å². The van der Waals surface area contributed by atoms with Crippen LogP contribution in [-0.2, 0) is 24.2 Å². The predicted octanol–water partition coefficient (Wildman–Crippen LogP) is 3.49. The van der Waals surface area contributed by atoms with Crippen molar-refractivity contribution in [1.29, 1.82) is 0 Å². The van der Waals surface area contributed by atoms with Gasteiger partial charge in [0.2, 0.25) is 0 Å². The number of carboxylic acid groups (broad SMARTS) is 1. The Morgan fingerprint density at radius 1 is 0.725 bits per heavy atom. The third-order valence-electron chi connectivity index (χ3n) is 7.14. The molecule has 0 aliphatic rings. The van der Waals surface area contributed by atoms with Crippen molar-refractivity contribution < 1.29 is 44.2 Å². The molecule has 0 saturated carbocycles. The van der Waals surface area contributed by atoms with Gasteiger partial charge < -0.3 is 19.2 Å². The maximum absolute atomic E-state index is 11.7. The number of carbonyl (C=O) groups excluding carboxylic acids is 1. The van der Waals surface area contributed by atoms with E-state index in [1.807, 2.05) is 54.6 Å². The van der Waals surface area contributed by atoms with E-state index in [4.69, 9.17) is 4.74 Å². The van der Waals surface area contributed by atoms with E-state index in [1.165, 1.54) is 27.9 Å². The van der Waals surface area contributed by atoms with Gasteiger partial charge in [-0.05, 0) is 83.1 Å². The predicted molar refractivity (Wildman–Crippen MR) is 155 cm³/mol. The summed E-state index contributed by atoms with van der Waals surface area (Å²) in [5.74, 6) is -0.724. The molecule has 0 aliphatic carbocycles. The van der Waals surface area contributed by atoms with Crippen molar-refractivity contribution in [2.75, 3.05) is 0 Å². The van der Waals surface area contributed by atoms with E-state index in [0.717, 1.165) is 29.8 Å². The molecule has 0 fully saturated rings. The third kappa shape index (κ3) is 7.14. The van der Waals surface area contributed by atoms with Crippen LogP contribution >= 0.6 is 0 Å². The molecule has 0 radical (unpaired) electrons. The van der Waals surface area contributed by atoms with Crippen LogP contribution in [0.4, 0.5) is 0 Å². The zero-order valence-corrected chi connectivity index (χ0v) is 25.3. The van der Waals surface area contributed by atoms with Crippen molar-refractivity contribution in [3.8, 4) is 28.1 Å². The minimum absolute atomic E-state index is 0. The van der Waals surface area contributed by atoms with Crippen LogP contribution in [-0.4, -0.2) is 16.6 Å². The molecule has 40 heavy (non-hydrogen) atoms. The Balaban J connectivity index is 0.00000370. The van der Waals surface area contributed by atoms with Crippen LogP contribution in [0, 0.1) is 6.92 Å². The largest absolute Gasteiger partial charge is 1.00 e. The number of aliphatic carboxylic acids is 1. The molecule has 196 valence electrons. The molecule has 0 amide bonds. The van der Waals surface area contributed by atoms with E-state index in [-0.39, 0.29) is 36.0 Å². The van der Waals surface area contributed by atoms with E-state index in [0.29, 0.717) is 5.75 Å². The second-order valence-electron chi connectivity index (χ2n) is 9.83. The van der Waals surface area contributed by atoms with E-state index < -0.39 is 12.1 Å². The summed E-state index contributed by atoms with van der Waals surface area (Å²) >= 11 is 0. The molecule has 5 aromatic rings. The van der Waals surface area contributed by atoms with Gasteiger partial charge in [0, 0.05) is 24.4 Å². The second-order valence-corrected chi connectivity index (χ2v) is 9.83. The van der Waals surface area contributed by atoms with E-state index in [2.05, 4.69) is 79.1 Å². The fourth-order valence-electron chi connectivity index (χ4n) is 4.82. The Morgan fingerprint density at radius 2 is 1.30 bits per heavy atom. The van der Waals surface area contributed by atoms with Crippen molar-refractivity contribution in [1.82, 2.24) is 4.57 Å². The molecule has 4 aromatic carbocycles. The molecule has 5 rings (SSSR count). The summed E-state index contributed by atoms with van der Waals surface area (Å²) < 4.78 is 8.09. The first-order valence-electron chi connectivity index (χ1n) is 13.4. The minimum atomic E-state index is -1.23. The number of carboxylic acids is 1. The number of hydrogen-bond donors (Lipinski definition) is 0. The van der Waals surface area contributed by atoms with E-state index in [1.54, 1.807) is 0 Å². The fraction of sp³-hybridized carbons (Fsp3) is 0.171. The monoisotopic (exact) mass is 537 g/mol. The molecule has 1 heterocycles. The number of aryl methyl sites for hydroxylation is 2. The van der Waals surface area contributed by atoms with Crippen LogP contribution < -0.4 is 39.4 Å². The van der Waals surface area contributed by atoms with Gasteiger partial charge in [0.25, 0.3) is 0 Å². The molecule has 0 spiro atoms. The number of nitrogens with zero attached hydrogens (tertiary/aromatic N) is 1. The van der Waals surface area contributed by atoms with Gasteiger partial charge in [-0.2, -0.15) is 0 Å². The first-order valence-corrected chi connectivity index (χ1v) is 13.4. The molecule has 5 heteroatoms. The van der Waals surface area contributed by atoms with Crippen molar-refractivity contribution in [2.45, 2.75) is 39.3 Å². The summed E-state index contributed by atoms with van der Waals surface area (Å²) in [5, 5.41) is 11.7. The van der Waals surface area contributed by atoms with Gasteiger partial charge in [-0.25, -0.2) is 0 Å². The summed E-state index contributed by atoms with van der Waals surface area (Å²) in [6.07, 6.45) is 0.231. The van der Waals surface area contributed by atoms with Gasteiger partial charge in [0.05, 0.1) is 5.97 Å². The number of ether oxygens (including phenoxy) is 1. The number of benzene rings is 4. The standard InChI is InChI=1S/C35H33NO3.Na/c1-3-26-10-14-29(15-11-26)30-16-12-28(13-17-30)24-36-25(2)9-22-33(36)31-18-20-32(21-19-31)39-34(35(37)38)23-27-7-5-4-6-8-27;/h4-22,34H,3,23-24H2,1-2H3,(H,37,38);/q;+1/p-1/t34-;/m1./s1. The Bertz CT molecular complexity index is 1520. The van der Waals surface area contributed by atoms with Crippen molar-refractivity contribution in [2.24, 2.45) is 0 Å². The van der Waals surface area contributed by atoms with Gasteiger partial charge in [-0.3, -0.25) is 0 Å². The quantitative estimate of drug-likeness (QED) is 0.257. The number of rotatable bonds is 10. The molecule has 1 atom stereocenters. The summed E-state index contributed by atoms with van der Waals surface area (Å²) in [6.45, 7) is 5.03. The van der Waals surface area contributed by atoms with Gasteiger partial charge in [0.1, 0.15) is 11.9 Å². The maximum Gasteiger partial charge on any atom is 1.00 e. The van der Waals surface area contributed by atoms with Crippen LogP contribution in [0.3, 0.4) is 0 Å². The van der Waals surface area contributed by atoms with E-state index >= 15 is 0 Å². The topological polar surface area (TPSA) is 54.3 Å². The molecule has 0 N–H and O–H groups in total. The van der Waals surface area contributed by atoms with Gasteiger partial charge >= 0.3 is 29.6 Å². The second kappa shape index (κ2) is 13.7. The van der Waals surface area contributed by atoms with Crippen LogP contribution in [0.5, 0.6) is 5.75 Å².